The monoisotopic (exact) mass is 362 g/mol. The Morgan fingerprint density at radius 3 is 2.79 bits per heavy atom. The van der Waals surface area contributed by atoms with Crippen LogP contribution >= 0.6 is 11.3 Å². The Balaban J connectivity index is 1.59. The van der Waals surface area contributed by atoms with E-state index in [1.54, 1.807) is 23.5 Å². The van der Waals surface area contributed by atoms with Gasteiger partial charge < -0.3 is 0 Å². The first-order valence-electron chi connectivity index (χ1n) is 8.41. The van der Waals surface area contributed by atoms with Gasteiger partial charge in [-0.1, -0.05) is 30.3 Å². The predicted octanol–water partition coefficient (Wildman–Crippen LogP) is 3.13. The minimum Gasteiger partial charge on any atom is -0.296 e. The van der Waals surface area contributed by atoms with Crippen molar-refractivity contribution in [3.05, 3.63) is 52.9 Å². The van der Waals surface area contributed by atoms with Crippen LogP contribution in [0.2, 0.25) is 0 Å². The van der Waals surface area contributed by atoms with Gasteiger partial charge in [0, 0.05) is 32.2 Å². The van der Waals surface area contributed by atoms with Gasteiger partial charge in [-0.25, -0.2) is 8.42 Å². The molecular weight excluding hydrogens is 340 g/mol. The van der Waals surface area contributed by atoms with Crippen molar-refractivity contribution in [3.63, 3.8) is 0 Å². The molecule has 2 aliphatic heterocycles. The summed E-state index contributed by atoms with van der Waals surface area (Å²) in [7, 11) is -1.64. The highest BCUT2D eigenvalue weighted by molar-refractivity contribution is 7.91. The lowest BCUT2D eigenvalue weighted by molar-refractivity contribution is 0.0970. The van der Waals surface area contributed by atoms with E-state index in [0.29, 0.717) is 10.3 Å². The number of rotatable bonds is 3. The largest absolute Gasteiger partial charge is 0.296 e. The third kappa shape index (κ3) is 2.71. The molecule has 0 radical (unpaired) electrons. The molecule has 2 atom stereocenters. The summed E-state index contributed by atoms with van der Waals surface area (Å²) in [4.78, 5) is 2.52. The first kappa shape index (κ1) is 16.3. The van der Waals surface area contributed by atoms with Crippen LogP contribution in [-0.2, 0) is 16.4 Å². The molecule has 4 rings (SSSR count). The molecule has 3 heterocycles. The second kappa shape index (κ2) is 6.26. The van der Waals surface area contributed by atoms with Gasteiger partial charge in [-0.3, -0.25) is 4.90 Å². The fraction of sp³-hybridized carbons (Fsp3) is 0.444. The Kier molecular flexibility index (Phi) is 4.24. The van der Waals surface area contributed by atoms with Gasteiger partial charge >= 0.3 is 0 Å². The average molecular weight is 363 g/mol. The summed E-state index contributed by atoms with van der Waals surface area (Å²) in [6, 6.07) is 12.5. The van der Waals surface area contributed by atoms with Crippen molar-refractivity contribution in [1.82, 2.24) is 9.21 Å². The van der Waals surface area contributed by atoms with E-state index >= 15 is 0 Å². The topological polar surface area (TPSA) is 40.6 Å². The van der Waals surface area contributed by atoms with E-state index < -0.39 is 10.0 Å². The van der Waals surface area contributed by atoms with Crippen molar-refractivity contribution in [2.24, 2.45) is 0 Å². The summed E-state index contributed by atoms with van der Waals surface area (Å²) in [5.74, 6) is 0. The molecule has 0 N–H and O–H groups in total. The van der Waals surface area contributed by atoms with Crippen molar-refractivity contribution >= 4 is 21.4 Å². The van der Waals surface area contributed by atoms with E-state index in [0.717, 1.165) is 32.4 Å². The lowest BCUT2D eigenvalue weighted by atomic mass is 9.85. The Morgan fingerprint density at radius 2 is 2.00 bits per heavy atom. The summed E-state index contributed by atoms with van der Waals surface area (Å²) >= 11 is 1.29. The lowest BCUT2D eigenvalue weighted by Crippen LogP contribution is -2.48. The van der Waals surface area contributed by atoms with Crippen molar-refractivity contribution in [2.75, 3.05) is 20.1 Å². The SMILES string of the molecule is CN(C1CCN2CCc3ccccc3C2C1)S(=O)(=O)c1cccs1. The highest BCUT2D eigenvalue weighted by Crippen LogP contribution is 2.38. The molecule has 6 heteroatoms. The highest BCUT2D eigenvalue weighted by Gasteiger charge is 2.38. The summed E-state index contributed by atoms with van der Waals surface area (Å²) < 4.78 is 27.7. The molecule has 4 nitrogen and oxygen atoms in total. The summed E-state index contributed by atoms with van der Waals surface area (Å²) in [6.45, 7) is 2.05. The number of hydrogen-bond donors (Lipinski definition) is 0. The van der Waals surface area contributed by atoms with Gasteiger partial charge in [-0.05, 0) is 41.8 Å². The molecule has 128 valence electrons. The van der Waals surface area contributed by atoms with Crippen LogP contribution in [0.3, 0.4) is 0 Å². The molecule has 1 fully saturated rings. The fourth-order valence-electron chi connectivity index (χ4n) is 4.02. The highest BCUT2D eigenvalue weighted by atomic mass is 32.2. The number of nitrogens with zero attached hydrogens (tertiary/aromatic N) is 2. The minimum atomic E-state index is -3.38. The van der Waals surface area contributed by atoms with E-state index in [-0.39, 0.29) is 6.04 Å². The maximum absolute atomic E-state index is 12.8. The van der Waals surface area contributed by atoms with E-state index in [9.17, 15) is 8.42 Å². The number of thiophene rings is 1. The van der Waals surface area contributed by atoms with Crippen LogP contribution in [0.4, 0.5) is 0 Å². The van der Waals surface area contributed by atoms with Gasteiger partial charge in [0.15, 0.2) is 0 Å². The number of hydrogen-bond acceptors (Lipinski definition) is 4. The number of sulfonamides is 1. The molecule has 0 spiro atoms. The molecular formula is C18H22N2O2S2. The Labute approximate surface area is 147 Å². The van der Waals surface area contributed by atoms with Crippen LogP contribution < -0.4 is 0 Å². The van der Waals surface area contributed by atoms with E-state index in [4.69, 9.17) is 0 Å². The molecule has 2 aliphatic rings. The number of benzene rings is 1. The zero-order chi connectivity index (χ0) is 16.7. The first-order chi connectivity index (χ1) is 11.6. The zero-order valence-electron chi connectivity index (χ0n) is 13.8. The van der Waals surface area contributed by atoms with Gasteiger partial charge in [0.2, 0.25) is 0 Å². The van der Waals surface area contributed by atoms with Crippen molar-refractivity contribution < 1.29 is 8.42 Å². The van der Waals surface area contributed by atoms with Crippen molar-refractivity contribution in [3.8, 4) is 0 Å². The molecule has 0 bridgehead atoms. The van der Waals surface area contributed by atoms with Gasteiger partial charge in [0.1, 0.15) is 4.21 Å². The molecule has 0 saturated carbocycles. The van der Waals surface area contributed by atoms with Gasteiger partial charge in [0.05, 0.1) is 0 Å². The molecule has 0 amide bonds. The smallest absolute Gasteiger partial charge is 0.252 e. The van der Waals surface area contributed by atoms with Crippen LogP contribution in [0.1, 0.15) is 30.0 Å². The molecule has 0 aliphatic carbocycles. The van der Waals surface area contributed by atoms with Crippen LogP contribution in [0.25, 0.3) is 0 Å². The quantitative estimate of drug-likeness (QED) is 0.842. The molecule has 1 aromatic heterocycles. The van der Waals surface area contributed by atoms with Crippen LogP contribution in [0.5, 0.6) is 0 Å². The van der Waals surface area contributed by atoms with Gasteiger partial charge in [-0.2, -0.15) is 4.31 Å². The van der Waals surface area contributed by atoms with E-state index in [1.165, 1.54) is 22.5 Å². The van der Waals surface area contributed by atoms with Gasteiger partial charge in [0.25, 0.3) is 10.0 Å². The molecule has 1 aromatic carbocycles. The van der Waals surface area contributed by atoms with Crippen LogP contribution in [0.15, 0.2) is 46.0 Å². The summed E-state index contributed by atoms with van der Waals surface area (Å²) in [5.41, 5.74) is 2.80. The molecule has 1 saturated heterocycles. The average Bonchev–Trinajstić information content (AvgIpc) is 3.16. The summed E-state index contributed by atoms with van der Waals surface area (Å²) in [6.07, 6.45) is 2.87. The second-order valence-corrected chi connectivity index (χ2v) is 9.80. The van der Waals surface area contributed by atoms with E-state index in [2.05, 4.69) is 29.2 Å². The van der Waals surface area contributed by atoms with Crippen molar-refractivity contribution in [2.45, 2.75) is 35.6 Å². The number of fused-ring (bicyclic) bond motifs is 3. The van der Waals surface area contributed by atoms with E-state index in [1.807, 2.05) is 5.38 Å². The lowest BCUT2D eigenvalue weighted by Gasteiger charge is -2.45. The second-order valence-electron chi connectivity index (χ2n) is 6.63. The molecule has 24 heavy (non-hydrogen) atoms. The minimum absolute atomic E-state index is 0.0597. The first-order valence-corrected chi connectivity index (χ1v) is 10.7. The third-order valence-electron chi connectivity index (χ3n) is 5.41. The zero-order valence-corrected chi connectivity index (χ0v) is 15.4. The van der Waals surface area contributed by atoms with Crippen LogP contribution in [-0.4, -0.2) is 43.8 Å². The fourth-order valence-corrected chi connectivity index (χ4v) is 6.59. The van der Waals surface area contributed by atoms with Crippen LogP contribution in [0, 0.1) is 0 Å². The Bertz CT molecular complexity index is 817. The van der Waals surface area contributed by atoms with Gasteiger partial charge in [-0.15, -0.1) is 11.3 Å². The maximum atomic E-state index is 12.8. The standard InChI is InChI=1S/C18H22N2O2S2/c1-19(24(21,22)18-7-4-12-23-18)15-9-11-20-10-8-14-5-2-3-6-16(14)17(20)13-15/h2-7,12,15,17H,8-11,13H2,1H3. The van der Waals surface area contributed by atoms with Crippen molar-refractivity contribution in [1.29, 1.82) is 0 Å². The Morgan fingerprint density at radius 1 is 1.17 bits per heavy atom. The molecule has 2 unspecified atom stereocenters. The number of piperidine rings is 1. The molecule has 2 aromatic rings. The normalized spacial score (nSPS) is 24.6. The predicted molar refractivity (Wildman–Crippen MR) is 96.7 cm³/mol. The maximum Gasteiger partial charge on any atom is 0.252 e. The Hall–Kier alpha value is -1.21. The summed E-state index contributed by atoms with van der Waals surface area (Å²) in [5, 5.41) is 1.82. The third-order valence-corrected chi connectivity index (χ3v) is 8.69.